The van der Waals surface area contributed by atoms with E-state index >= 15 is 0 Å². The molecule has 0 spiro atoms. The van der Waals surface area contributed by atoms with Crippen LogP contribution in [0.5, 0.6) is 0 Å². The molecule has 1 aliphatic rings. The first kappa shape index (κ1) is 17.8. The summed E-state index contributed by atoms with van der Waals surface area (Å²) in [4.78, 5) is 18.3. The Hall–Kier alpha value is -3.32. The molecular formula is C22H20N6S. The third-order valence-corrected chi connectivity index (χ3v) is 5.49. The van der Waals surface area contributed by atoms with Gasteiger partial charge >= 0.3 is 0 Å². The molecule has 0 saturated carbocycles. The topological polar surface area (TPSA) is 57.2 Å². The first-order valence-corrected chi connectivity index (χ1v) is 10.1. The number of fused-ring (bicyclic) bond motifs is 2. The highest BCUT2D eigenvalue weighted by Crippen LogP contribution is 2.20. The normalized spacial score (nSPS) is 14.3. The predicted molar refractivity (Wildman–Crippen MR) is 121 cm³/mol. The zero-order valence-electron chi connectivity index (χ0n) is 15.8. The number of pyridine rings is 1. The Labute approximate surface area is 174 Å². The summed E-state index contributed by atoms with van der Waals surface area (Å²) in [7, 11) is 0. The minimum Gasteiger partial charge on any atom is -0.353 e. The van der Waals surface area contributed by atoms with E-state index in [1.165, 1.54) is 0 Å². The standard InChI is InChI=1S/C22H20N6S/c29-22(28-13-11-27(12-14-28)21-7-3-4-10-23-21)24-16-8-9-19-20(15-16)26-18-6-2-1-5-17(18)25-19/h1-10,15H,11-14H2,(H,24,29). The van der Waals surface area contributed by atoms with Crippen LogP contribution in [-0.4, -0.2) is 51.1 Å². The summed E-state index contributed by atoms with van der Waals surface area (Å²) in [6.45, 7) is 3.52. The summed E-state index contributed by atoms with van der Waals surface area (Å²) in [6, 6.07) is 19.9. The van der Waals surface area contributed by atoms with Crippen LogP contribution in [0.3, 0.4) is 0 Å². The van der Waals surface area contributed by atoms with Gasteiger partial charge in [0.05, 0.1) is 22.1 Å². The molecule has 5 rings (SSSR count). The second-order valence-electron chi connectivity index (χ2n) is 7.01. The average Bonchev–Trinajstić information content (AvgIpc) is 2.78. The predicted octanol–water partition coefficient (Wildman–Crippen LogP) is 3.70. The van der Waals surface area contributed by atoms with Gasteiger partial charge in [-0.05, 0) is 54.7 Å². The molecule has 2 aromatic carbocycles. The van der Waals surface area contributed by atoms with Crippen LogP contribution in [0.4, 0.5) is 11.5 Å². The van der Waals surface area contributed by atoms with Crippen molar-refractivity contribution in [2.75, 3.05) is 36.4 Å². The Morgan fingerprint density at radius 1 is 0.793 bits per heavy atom. The van der Waals surface area contributed by atoms with Crippen LogP contribution < -0.4 is 10.2 Å². The molecule has 4 aromatic rings. The van der Waals surface area contributed by atoms with Crippen molar-refractivity contribution in [3.8, 4) is 0 Å². The summed E-state index contributed by atoms with van der Waals surface area (Å²) in [5.41, 5.74) is 4.47. The van der Waals surface area contributed by atoms with Gasteiger partial charge in [0.25, 0.3) is 0 Å². The lowest BCUT2D eigenvalue weighted by Gasteiger charge is -2.36. The minimum atomic E-state index is 0.735. The molecule has 3 heterocycles. The first-order chi connectivity index (χ1) is 14.3. The number of hydrogen-bond donors (Lipinski definition) is 1. The number of aromatic nitrogens is 3. The summed E-state index contributed by atoms with van der Waals surface area (Å²) < 4.78 is 0. The lowest BCUT2D eigenvalue weighted by Crippen LogP contribution is -2.50. The first-order valence-electron chi connectivity index (χ1n) is 9.65. The van der Waals surface area contributed by atoms with Gasteiger partial charge in [0, 0.05) is 38.1 Å². The summed E-state index contributed by atoms with van der Waals surface area (Å²) in [5, 5.41) is 4.10. The number of para-hydroxylation sites is 2. The number of benzene rings is 2. The van der Waals surface area contributed by atoms with Crippen molar-refractivity contribution in [3.63, 3.8) is 0 Å². The van der Waals surface area contributed by atoms with Crippen molar-refractivity contribution in [2.24, 2.45) is 0 Å². The zero-order valence-corrected chi connectivity index (χ0v) is 16.6. The molecule has 0 atom stereocenters. The van der Waals surface area contributed by atoms with Crippen molar-refractivity contribution in [2.45, 2.75) is 0 Å². The van der Waals surface area contributed by atoms with E-state index in [0.29, 0.717) is 0 Å². The van der Waals surface area contributed by atoms with E-state index in [1.54, 1.807) is 0 Å². The maximum atomic E-state index is 5.66. The number of anilines is 2. The molecule has 0 bridgehead atoms. The van der Waals surface area contributed by atoms with Crippen LogP contribution in [-0.2, 0) is 0 Å². The van der Waals surface area contributed by atoms with Gasteiger partial charge in [0.2, 0.25) is 0 Å². The zero-order chi connectivity index (χ0) is 19.6. The molecule has 7 heteroatoms. The molecule has 1 N–H and O–H groups in total. The minimum absolute atomic E-state index is 0.735. The highest BCUT2D eigenvalue weighted by molar-refractivity contribution is 7.80. The number of thiocarbonyl (C=S) groups is 1. The van der Waals surface area contributed by atoms with E-state index in [2.05, 4.69) is 25.1 Å². The molecule has 0 aliphatic carbocycles. The second-order valence-corrected chi connectivity index (χ2v) is 7.39. The van der Waals surface area contributed by atoms with Gasteiger partial charge in [-0.3, -0.25) is 0 Å². The Bertz CT molecular complexity index is 1170. The maximum Gasteiger partial charge on any atom is 0.173 e. The van der Waals surface area contributed by atoms with Gasteiger partial charge in [0.1, 0.15) is 5.82 Å². The molecule has 0 radical (unpaired) electrons. The van der Waals surface area contributed by atoms with Gasteiger partial charge in [0.15, 0.2) is 5.11 Å². The number of piperazine rings is 1. The van der Waals surface area contributed by atoms with Crippen LogP contribution in [0, 0.1) is 0 Å². The van der Waals surface area contributed by atoms with Crippen molar-refractivity contribution < 1.29 is 0 Å². The van der Waals surface area contributed by atoms with Crippen LogP contribution in [0.1, 0.15) is 0 Å². The molecular weight excluding hydrogens is 380 g/mol. The van der Waals surface area contributed by atoms with E-state index in [-0.39, 0.29) is 0 Å². The lowest BCUT2D eigenvalue weighted by atomic mass is 10.2. The largest absolute Gasteiger partial charge is 0.353 e. The third-order valence-electron chi connectivity index (χ3n) is 5.13. The maximum absolute atomic E-state index is 5.66. The van der Waals surface area contributed by atoms with Gasteiger partial charge in [-0.25, -0.2) is 15.0 Å². The molecule has 1 fully saturated rings. The monoisotopic (exact) mass is 400 g/mol. The molecule has 6 nitrogen and oxygen atoms in total. The summed E-state index contributed by atoms with van der Waals surface area (Å²) >= 11 is 5.66. The molecule has 1 aliphatic heterocycles. The second kappa shape index (κ2) is 7.60. The van der Waals surface area contributed by atoms with Crippen LogP contribution in [0.2, 0.25) is 0 Å². The summed E-state index contributed by atoms with van der Waals surface area (Å²) in [5.74, 6) is 1.02. The highest BCUT2D eigenvalue weighted by Gasteiger charge is 2.19. The fourth-order valence-electron chi connectivity index (χ4n) is 3.58. The van der Waals surface area contributed by atoms with E-state index in [1.807, 2.05) is 66.9 Å². The van der Waals surface area contributed by atoms with Crippen LogP contribution >= 0.6 is 12.2 Å². The Balaban J connectivity index is 1.28. The van der Waals surface area contributed by atoms with Crippen molar-refractivity contribution >= 4 is 50.9 Å². The fraction of sp³-hybridized carbons (Fsp3) is 0.182. The van der Waals surface area contributed by atoms with Gasteiger partial charge in [-0.15, -0.1) is 0 Å². The van der Waals surface area contributed by atoms with Crippen LogP contribution in [0.15, 0.2) is 66.9 Å². The summed E-state index contributed by atoms with van der Waals surface area (Å²) in [6.07, 6.45) is 1.83. The Morgan fingerprint density at radius 3 is 2.21 bits per heavy atom. The molecule has 144 valence electrons. The van der Waals surface area contributed by atoms with Gasteiger partial charge in [-0.2, -0.15) is 0 Å². The van der Waals surface area contributed by atoms with E-state index in [9.17, 15) is 0 Å². The number of hydrogen-bond acceptors (Lipinski definition) is 5. The molecule has 29 heavy (non-hydrogen) atoms. The smallest absolute Gasteiger partial charge is 0.173 e. The molecule has 0 unspecified atom stereocenters. The SMILES string of the molecule is S=C(Nc1ccc2nc3ccccc3nc2c1)N1CCN(c2ccccn2)CC1. The Morgan fingerprint density at radius 2 is 1.48 bits per heavy atom. The van der Waals surface area contributed by atoms with E-state index in [0.717, 1.165) is 64.9 Å². The number of rotatable bonds is 2. The number of nitrogens with zero attached hydrogens (tertiary/aromatic N) is 5. The van der Waals surface area contributed by atoms with E-state index in [4.69, 9.17) is 17.2 Å². The quantitative estimate of drug-likeness (QED) is 0.407. The number of nitrogens with one attached hydrogen (secondary N) is 1. The highest BCUT2D eigenvalue weighted by atomic mass is 32.1. The van der Waals surface area contributed by atoms with Crippen molar-refractivity contribution in [3.05, 3.63) is 66.9 Å². The average molecular weight is 401 g/mol. The van der Waals surface area contributed by atoms with Gasteiger partial charge in [-0.1, -0.05) is 18.2 Å². The van der Waals surface area contributed by atoms with Crippen LogP contribution in [0.25, 0.3) is 22.1 Å². The lowest BCUT2D eigenvalue weighted by molar-refractivity contribution is 0.389. The Kier molecular flexibility index (Phi) is 4.65. The third kappa shape index (κ3) is 3.69. The molecule has 2 aromatic heterocycles. The van der Waals surface area contributed by atoms with Crippen molar-refractivity contribution in [1.29, 1.82) is 0 Å². The van der Waals surface area contributed by atoms with Gasteiger partial charge < -0.3 is 15.1 Å². The van der Waals surface area contributed by atoms with Crippen molar-refractivity contribution in [1.82, 2.24) is 19.9 Å². The fourth-order valence-corrected chi connectivity index (χ4v) is 3.88. The molecule has 1 saturated heterocycles. The van der Waals surface area contributed by atoms with E-state index < -0.39 is 0 Å². The molecule has 0 amide bonds.